The van der Waals surface area contributed by atoms with Crippen molar-refractivity contribution in [3.8, 4) is 0 Å². The molecule has 0 aliphatic carbocycles. The van der Waals surface area contributed by atoms with Gasteiger partial charge in [-0.2, -0.15) is 0 Å². The van der Waals surface area contributed by atoms with Crippen molar-refractivity contribution in [2.45, 2.75) is 38.3 Å². The van der Waals surface area contributed by atoms with Crippen LogP contribution in [0.2, 0.25) is 5.02 Å². The average Bonchev–Trinajstić information content (AvgIpc) is 3.33. The third-order valence-corrected chi connectivity index (χ3v) is 6.70. The molecule has 0 bridgehead atoms. The first kappa shape index (κ1) is 22.6. The molecule has 4 rings (SSSR count). The van der Waals surface area contributed by atoms with E-state index in [1.165, 1.54) is 29.7 Å². The van der Waals surface area contributed by atoms with Crippen molar-refractivity contribution in [1.29, 1.82) is 0 Å². The minimum absolute atomic E-state index is 0.0723. The second kappa shape index (κ2) is 10.4. The normalized spacial score (nSPS) is 17.0. The lowest BCUT2D eigenvalue weighted by Gasteiger charge is -2.31. The molecule has 0 spiro atoms. The summed E-state index contributed by atoms with van der Waals surface area (Å²) in [5, 5.41) is 6.19. The van der Waals surface area contributed by atoms with Crippen LogP contribution in [0.15, 0.2) is 42.5 Å². The topological polar surface area (TPSA) is 64.7 Å². The van der Waals surface area contributed by atoms with E-state index in [-0.39, 0.29) is 12.6 Å². The summed E-state index contributed by atoms with van der Waals surface area (Å²) in [6, 6.07) is 13.9. The molecule has 32 heavy (non-hydrogen) atoms. The van der Waals surface area contributed by atoms with Crippen LogP contribution in [0.1, 0.15) is 42.0 Å². The molecular weight excluding hydrogens is 424 g/mol. The monoisotopic (exact) mass is 454 g/mol. The molecule has 1 unspecified atom stereocenters. The van der Waals surface area contributed by atoms with Crippen molar-refractivity contribution in [2.75, 3.05) is 38.1 Å². The van der Waals surface area contributed by atoms with Crippen LogP contribution in [0.5, 0.6) is 0 Å². The lowest BCUT2D eigenvalue weighted by atomic mass is 9.96. The first-order valence-corrected chi connectivity index (χ1v) is 11.8. The molecule has 2 aliphatic rings. The SMILES string of the molecule is CN1CCCc2cc(C(CNC(=O)C(=O)NCc3ccc(Cl)cc3)N3CCCC3)ccc21. The van der Waals surface area contributed by atoms with Crippen LogP contribution in [0.4, 0.5) is 5.69 Å². The molecular formula is C25H31ClN4O2. The van der Waals surface area contributed by atoms with Gasteiger partial charge in [-0.1, -0.05) is 35.9 Å². The van der Waals surface area contributed by atoms with Gasteiger partial charge < -0.3 is 15.5 Å². The molecule has 2 heterocycles. The van der Waals surface area contributed by atoms with E-state index in [2.05, 4.69) is 45.7 Å². The fourth-order valence-corrected chi connectivity index (χ4v) is 4.78. The van der Waals surface area contributed by atoms with Gasteiger partial charge in [0.05, 0.1) is 6.04 Å². The average molecular weight is 455 g/mol. The molecule has 1 saturated heterocycles. The lowest BCUT2D eigenvalue weighted by molar-refractivity contribution is -0.139. The van der Waals surface area contributed by atoms with Crippen molar-refractivity contribution in [3.05, 3.63) is 64.2 Å². The van der Waals surface area contributed by atoms with Gasteiger partial charge in [0.15, 0.2) is 0 Å². The Balaban J connectivity index is 1.39. The maximum atomic E-state index is 12.5. The van der Waals surface area contributed by atoms with Gasteiger partial charge in [-0.3, -0.25) is 14.5 Å². The maximum absolute atomic E-state index is 12.5. The van der Waals surface area contributed by atoms with E-state index in [1.54, 1.807) is 12.1 Å². The number of halogens is 1. The van der Waals surface area contributed by atoms with Gasteiger partial charge in [0.2, 0.25) is 0 Å². The van der Waals surface area contributed by atoms with Gasteiger partial charge in [0.25, 0.3) is 0 Å². The van der Waals surface area contributed by atoms with Crippen molar-refractivity contribution >= 4 is 29.1 Å². The summed E-state index contributed by atoms with van der Waals surface area (Å²) < 4.78 is 0. The third-order valence-electron chi connectivity index (χ3n) is 6.45. The Morgan fingerprint density at radius 2 is 1.69 bits per heavy atom. The molecule has 2 aliphatic heterocycles. The lowest BCUT2D eigenvalue weighted by Crippen LogP contribution is -2.43. The molecule has 1 atom stereocenters. The number of hydrogen-bond acceptors (Lipinski definition) is 4. The summed E-state index contributed by atoms with van der Waals surface area (Å²) in [6.45, 7) is 3.82. The van der Waals surface area contributed by atoms with Gasteiger partial charge in [0.1, 0.15) is 0 Å². The van der Waals surface area contributed by atoms with Crippen LogP contribution in [-0.4, -0.2) is 49.9 Å². The predicted molar refractivity (Wildman–Crippen MR) is 128 cm³/mol. The van der Waals surface area contributed by atoms with Gasteiger partial charge in [-0.25, -0.2) is 0 Å². The zero-order valence-electron chi connectivity index (χ0n) is 18.6. The first-order valence-electron chi connectivity index (χ1n) is 11.4. The smallest absolute Gasteiger partial charge is 0.309 e. The van der Waals surface area contributed by atoms with Crippen molar-refractivity contribution in [1.82, 2.24) is 15.5 Å². The zero-order valence-corrected chi connectivity index (χ0v) is 19.3. The standard InChI is InChI=1S/C25H31ClN4O2/c1-29-12-4-5-19-15-20(8-11-22(19)29)23(30-13-2-3-14-30)17-28-25(32)24(31)27-16-18-6-9-21(26)10-7-18/h6-11,15,23H,2-5,12-14,16-17H2,1H3,(H,27,31)(H,28,32). The van der Waals surface area contributed by atoms with Crippen molar-refractivity contribution in [2.24, 2.45) is 0 Å². The molecule has 6 nitrogen and oxygen atoms in total. The van der Waals surface area contributed by atoms with Crippen LogP contribution >= 0.6 is 11.6 Å². The van der Waals surface area contributed by atoms with Gasteiger partial charge in [-0.05, 0) is 73.7 Å². The van der Waals surface area contributed by atoms with E-state index >= 15 is 0 Å². The Kier molecular flexibility index (Phi) is 7.33. The largest absolute Gasteiger partial charge is 0.374 e. The molecule has 0 radical (unpaired) electrons. The molecule has 0 saturated carbocycles. The molecule has 2 aromatic rings. The number of anilines is 1. The summed E-state index contributed by atoms with van der Waals surface area (Å²) in [5.74, 6) is -1.21. The van der Waals surface area contributed by atoms with Crippen LogP contribution in [0, 0.1) is 0 Å². The fraction of sp³-hybridized carbons (Fsp3) is 0.440. The Hall–Kier alpha value is -2.57. The molecule has 1 fully saturated rings. The Labute approximate surface area is 194 Å². The molecule has 170 valence electrons. The quantitative estimate of drug-likeness (QED) is 0.657. The second-order valence-corrected chi connectivity index (χ2v) is 9.13. The molecule has 0 aromatic heterocycles. The Morgan fingerprint density at radius 1 is 0.969 bits per heavy atom. The summed E-state index contributed by atoms with van der Waals surface area (Å²) in [4.78, 5) is 29.5. The summed E-state index contributed by atoms with van der Waals surface area (Å²) >= 11 is 5.89. The highest BCUT2D eigenvalue weighted by atomic mass is 35.5. The van der Waals surface area contributed by atoms with Gasteiger partial charge in [-0.15, -0.1) is 0 Å². The highest BCUT2D eigenvalue weighted by Crippen LogP contribution is 2.31. The molecule has 2 N–H and O–H groups in total. The van der Waals surface area contributed by atoms with Gasteiger partial charge >= 0.3 is 11.8 Å². The number of fused-ring (bicyclic) bond motifs is 1. The number of likely N-dealkylation sites (tertiary alicyclic amines) is 1. The fourth-order valence-electron chi connectivity index (χ4n) is 4.66. The predicted octanol–water partition coefficient (Wildman–Crippen LogP) is 3.29. The Bertz CT molecular complexity index is 957. The summed E-state index contributed by atoms with van der Waals surface area (Å²) in [7, 11) is 2.14. The number of nitrogens with one attached hydrogen (secondary N) is 2. The number of hydrogen-bond donors (Lipinski definition) is 2. The number of benzene rings is 2. The highest BCUT2D eigenvalue weighted by Gasteiger charge is 2.26. The minimum Gasteiger partial charge on any atom is -0.374 e. The maximum Gasteiger partial charge on any atom is 0.309 e. The zero-order chi connectivity index (χ0) is 22.5. The van der Waals surface area contributed by atoms with Crippen molar-refractivity contribution < 1.29 is 9.59 Å². The molecule has 2 aromatic carbocycles. The second-order valence-electron chi connectivity index (χ2n) is 8.69. The molecule has 7 heteroatoms. The minimum atomic E-state index is -0.618. The van der Waals surface area contributed by atoms with E-state index < -0.39 is 11.8 Å². The number of nitrogens with zero attached hydrogens (tertiary/aromatic N) is 2. The van der Waals surface area contributed by atoms with Crippen LogP contribution < -0.4 is 15.5 Å². The Morgan fingerprint density at radius 3 is 2.44 bits per heavy atom. The number of aryl methyl sites for hydroxylation is 1. The third kappa shape index (κ3) is 5.43. The number of carbonyl (C=O) groups excluding carboxylic acids is 2. The van der Waals surface area contributed by atoms with E-state index in [0.29, 0.717) is 11.6 Å². The highest BCUT2D eigenvalue weighted by molar-refractivity contribution is 6.35. The summed E-state index contributed by atoms with van der Waals surface area (Å²) in [5.41, 5.74) is 4.77. The van der Waals surface area contributed by atoms with Crippen LogP contribution in [0.3, 0.4) is 0 Å². The summed E-state index contributed by atoms with van der Waals surface area (Å²) in [6.07, 6.45) is 4.57. The van der Waals surface area contributed by atoms with E-state index in [0.717, 1.165) is 38.0 Å². The van der Waals surface area contributed by atoms with E-state index in [4.69, 9.17) is 11.6 Å². The van der Waals surface area contributed by atoms with Crippen LogP contribution in [0.25, 0.3) is 0 Å². The van der Waals surface area contributed by atoms with Gasteiger partial charge in [0, 0.05) is 37.4 Å². The van der Waals surface area contributed by atoms with Crippen molar-refractivity contribution in [3.63, 3.8) is 0 Å². The number of carbonyl (C=O) groups is 2. The van der Waals surface area contributed by atoms with E-state index in [1.807, 2.05) is 12.1 Å². The number of rotatable bonds is 6. The molecule has 2 amide bonds. The van der Waals surface area contributed by atoms with E-state index in [9.17, 15) is 9.59 Å². The number of amides is 2. The first-order chi connectivity index (χ1) is 15.5. The van der Waals surface area contributed by atoms with Crippen LogP contribution in [-0.2, 0) is 22.6 Å².